The lowest BCUT2D eigenvalue weighted by molar-refractivity contribution is -0.146. The third-order valence-electron chi connectivity index (χ3n) is 15.5. The zero-order valence-corrected chi connectivity index (χ0v) is 41.3. The molecule has 7 aliphatic rings. The summed E-state index contributed by atoms with van der Waals surface area (Å²) in [5, 5.41) is 18.9. The summed E-state index contributed by atoms with van der Waals surface area (Å²) >= 11 is 3.38. The van der Waals surface area contributed by atoms with E-state index in [9.17, 15) is 19.5 Å². The Morgan fingerprint density at radius 2 is 1.06 bits per heavy atom. The number of benzene rings is 2. The van der Waals surface area contributed by atoms with Crippen molar-refractivity contribution >= 4 is 56.7 Å². The minimum atomic E-state index is -1.15. The van der Waals surface area contributed by atoms with Gasteiger partial charge in [0.15, 0.2) is 15.8 Å². The van der Waals surface area contributed by atoms with Crippen molar-refractivity contribution in [3.8, 4) is 22.5 Å². The monoisotopic (exact) mass is 978 g/mol. The molecule has 0 radical (unpaired) electrons. The Labute approximate surface area is 413 Å². The van der Waals surface area contributed by atoms with Crippen LogP contribution in [0.1, 0.15) is 106 Å². The number of aliphatic carboxylic acids is 1. The quantitative estimate of drug-likeness (QED) is 0.149. The Morgan fingerprint density at radius 1 is 0.609 bits per heavy atom. The number of carboxylic acids is 1. The molecule has 368 valence electrons. The van der Waals surface area contributed by atoms with Crippen molar-refractivity contribution in [1.29, 1.82) is 0 Å². The van der Waals surface area contributed by atoms with Crippen molar-refractivity contribution in [3.05, 3.63) is 70.4 Å². The highest BCUT2D eigenvalue weighted by Gasteiger charge is 2.47. The van der Waals surface area contributed by atoms with Crippen molar-refractivity contribution in [2.24, 2.45) is 4.99 Å². The summed E-state index contributed by atoms with van der Waals surface area (Å²) in [5.74, 6) is -0.970. The lowest BCUT2D eigenvalue weighted by Gasteiger charge is -2.40. The molecule has 5 aliphatic heterocycles. The Hall–Kier alpha value is -4.78. The van der Waals surface area contributed by atoms with Gasteiger partial charge in [0.05, 0.1) is 37.8 Å². The van der Waals surface area contributed by atoms with Crippen LogP contribution >= 0.6 is 22.7 Å². The molecule has 0 atom stereocenters. The molecule has 2 saturated carbocycles. The lowest BCUT2D eigenvalue weighted by atomic mass is 9.81. The van der Waals surface area contributed by atoms with Crippen LogP contribution in [0.2, 0.25) is 0 Å². The number of thiazole rings is 2. The van der Waals surface area contributed by atoms with Gasteiger partial charge in [-0.3, -0.25) is 14.6 Å². The molecule has 2 aliphatic carbocycles. The fourth-order valence-corrected chi connectivity index (χ4v) is 13.0. The SMILES string of the molecule is O=C(NC1(C(=O)O)CCCCC1)c1ccc(-c2csc(N3CCC(N4CCOCC4)CC3)n2)cc1.O=C1OC(c2ccc(-c3csc(N4CCC(N5CCOCC5)CC4)n3)cc2)=NC12CCCCC2. The average molecular weight is 979 g/mol. The molecule has 17 heteroatoms. The molecule has 4 aromatic rings. The number of esters is 1. The first-order valence-electron chi connectivity index (χ1n) is 25.4. The maximum absolute atomic E-state index is 12.8. The molecule has 2 aromatic carbocycles. The van der Waals surface area contributed by atoms with Gasteiger partial charge in [0.1, 0.15) is 5.54 Å². The van der Waals surface area contributed by atoms with Crippen LogP contribution in [-0.2, 0) is 23.8 Å². The third kappa shape index (κ3) is 10.9. The zero-order valence-electron chi connectivity index (χ0n) is 39.7. The van der Waals surface area contributed by atoms with Gasteiger partial charge in [0.25, 0.3) is 5.91 Å². The molecule has 15 nitrogen and oxygen atoms in total. The van der Waals surface area contributed by atoms with Crippen molar-refractivity contribution in [3.63, 3.8) is 0 Å². The standard InChI is InChI=1S/C26H34N4O4S.C26H32N4O3S/c31-23(28-26(24(32)33)10-2-1-3-11-26)20-6-4-19(5-7-20)22-18-35-25(27-22)30-12-8-21(9-13-30)29-14-16-34-17-15-29;31-24-26(10-2-1-3-11-26)28-23(33-24)20-6-4-19(5-7-20)22-18-34-25(27-22)30-12-8-21(9-13-30)29-14-16-32-17-15-29/h4-7,18,21H,1-3,8-17H2,(H,28,31)(H,32,33);4-7,18,21H,1-3,8-17H2. The third-order valence-corrected chi connectivity index (χ3v) is 17.3. The smallest absolute Gasteiger partial charge is 0.340 e. The number of hydrogen-bond acceptors (Lipinski definition) is 15. The van der Waals surface area contributed by atoms with Gasteiger partial charge in [0.2, 0.25) is 5.90 Å². The predicted octanol–water partition coefficient (Wildman–Crippen LogP) is 7.75. The Morgan fingerprint density at radius 3 is 1.54 bits per heavy atom. The van der Waals surface area contributed by atoms with Crippen LogP contribution in [-0.4, -0.2) is 151 Å². The van der Waals surface area contributed by atoms with Crippen molar-refractivity contribution in [2.75, 3.05) is 88.6 Å². The molecule has 69 heavy (non-hydrogen) atoms. The second kappa shape index (κ2) is 21.7. The molecule has 1 amide bonds. The molecule has 4 saturated heterocycles. The van der Waals surface area contributed by atoms with Gasteiger partial charge in [-0.15, -0.1) is 22.7 Å². The number of anilines is 2. The van der Waals surface area contributed by atoms with Crippen LogP contribution < -0.4 is 15.1 Å². The van der Waals surface area contributed by atoms with Gasteiger partial charge in [-0.05, 0) is 75.6 Å². The summed E-state index contributed by atoms with van der Waals surface area (Å²) in [5.41, 5.74) is 3.49. The Kier molecular flexibility index (Phi) is 15.1. The van der Waals surface area contributed by atoms with Crippen molar-refractivity contribution in [2.45, 2.75) is 113 Å². The van der Waals surface area contributed by atoms with E-state index in [1.807, 2.05) is 24.3 Å². The van der Waals surface area contributed by atoms with E-state index in [0.29, 0.717) is 36.4 Å². The van der Waals surface area contributed by atoms with Crippen LogP contribution in [0.15, 0.2) is 64.3 Å². The molecular formula is C52H66N8O7S2. The van der Waals surface area contributed by atoms with E-state index < -0.39 is 17.0 Å². The van der Waals surface area contributed by atoms with Gasteiger partial charge in [-0.2, -0.15) is 0 Å². The highest BCUT2D eigenvalue weighted by molar-refractivity contribution is 7.14. The first kappa shape index (κ1) is 47.9. The fourth-order valence-electron chi connectivity index (χ4n) is 11.2. The number of morpholine rings is 2. The Balaban J connectivity index is 0.000000160. The van der Waals surface area contributed by atoms with Crippen LogP contribution in [0, 0.1) is 0 Å². The fraction of sp³-hybridized carbons (Fsp3) is 0.577. The number of carbonyl (C=O) groups is 3. The number of aliphatic imine (C=N–C) groups is 1. The molecule has 11 rings (SSSR count). The number of hydrogen-bond donors (Lipinski definition) is 2. The normalized spacial score (nSPS) is 22.7. The molecule has 2 N–H and O–H groups in total. The van der Waals surface area contributed by atoms with Crippen LogP contribution in [0.3, 0.4) is 0 Å². The van der Waals surface area contributed by atoms with E-state index in [2.05, 4.69) is 47.8 Å². The molecule has 0 bridgehead atoms. The van der Waals surface area contributed by atoms with Gasteiger partial charge in [-0.1, -0.05) is 62.8 Å². The molecule has 1 spiro atoms. The highest BCUT2D eigenvalue weighted by atomic mass is 32.1. The summed E-state index contributed by atoms with van der Waals surface area (Å²) in [6, 6.07) is 16.7. The van der Waals surface area contributed by atoms with E-state index in [4.69, 9.17) is 29.2 Å². The lowest BCUT2D eigenvalue weighted by Crippen LogP contribution is -2.55. The summed E-state index contributed by atoms with van der Waals surface area (Å²) in [7, 11) is 0. The van der Waals surface area contributed by atoms with Gasteiger partial charge >= 0.3 is 11.9 Å². The molecule has 2 aromatic heterocycles. The van der Waals surface area contributed by atoms with Crippen LogP contribution in [0.5, 0.6) is 0 Å². The van der Waals surface area contributed by atoms with E-state index in [-0.39, 0.29) is 11.9 Å². The second-order valence-electron chi connectivity index (χ2n) is 19.7. The first-order chi connectivity index (χ1) is 33.7. The minimum Gasteiger partial charge on any atom is -0.480 e. The molecule has 7 heterocycles. The van der Waals surface area contributed by atoms with Gasteiger partial charge in [-0.25, -0.2) is 24.5 Å². The number of cyclic esters (lactones) is 1. The summed E-state index contributed by atoms with van der Waals surface area (Å²) in [4.78, 5) is 61.8. The number of piperidine rings is 2. The number of nitrogens with one attached hydrogen (secondary N) is 1. The van der Waals surface area contributed by atoms with Gasteiger partial charge < -0.3 is 34.4 Å². The summed E-state index contributed by atoms with van der Waals surface area (Å²) in [6.07, 6.45) is 13.2. The van der Waals surface area contributed by atoms with Crippen molar-refractivity contribution < 1.29 is 33.7 Å². The first-order valence-corrected chi connectivity index (χ1v) is 27.1. The summed E-state index contributed by atoms with van der Waals surface area (Å²) < 4.78 is 16.6. The van der Waals surface area contributed by atoms with Crippen molar-refractivity contribution in [1.82, 2.24) is 25.1 Å². The maximum atomic E-state index is 12.8. The molecule has 6 fully saturated rings. The second-order valence-corrected chi connectivity index (χ2v) is 21.4. The predicted molar refractivity (Wildman–Crippen MR) is 270 cm³/mol. The van der Waals surface area contributed by atoms with Crippen LogP contribution in [0.25, 0.3) is 22.5 Å². The topological polar surface area (TPSA) is 162 Å². The number of rotatable bonds is 10. The molecule has 0 unspecified atom stereocenters. The van der Waals surface area contributed by atoms with E-state index in [1.165, 1.54) is 19.3 Å². The number of carboxylic acid groups (broad SMARTS) is 1. The van der Waals surface area contributed by atoms with E-state index in [1.54, 1.807) is 34.8 Å². The molecular weight excluding hydrogens is 913 g/mol. The summed E-state index contributed by atoms with van der Waals surface area (Å²) in [6.45, 7) is 11.8. The largest absolute Gasteiger partial charge is 0.480 e. The van der Waals surface area contributed by atoms with E-state index >= 15 is 0 Å². The highest BCUT2D eigenvalue weighted by Crippen LogP contribution is 2.38. The number of aromatic nitrogens is 2. The Bertz CT molecular complexity index is 2400. The maximum Gasteiger partial charge on any atom is 0.340 e. The number of carbonyl (C=O) groups excluding carboxylic acids is 2. The number of nitrogens with zero attached hydrogens (tertiary/aromatic N) is 7. The number of amides is 1. The van der Waals surface area contributed by atoms with E-state index in [0.717, 1.165) is 175 Å². The van der Waals surface area contributed by atoms with Gasteiger partial charge in [0, 0.05) is 97.5 Å². The number of ether oxygens (including phenoxy) is 3. The van der Waals surface area contributed by atoms with Crippen LogP contribution in [0.4, 0.5) is 10.3 Å². The average Bonchev–Trinajstić information content (AvgIpc) is 4.18. The minimum absolute atomic E-state index is 0.173. The zero-order chi connectivity index (χ0) is 47.2.